The van der Waals surface area contributed by atoms with Gasteiger partial charge in [0.2, 0.25) is 0 Å². The predicted molar refractivity (Wildman–Crippen MR) is 64.9 cm³/mol. The Morgan fingerprint density at radius 1 is 1.44 bits per heavy atom. The number of hydrogen-bond donors (Lipinski definition) is 1. The summed E-state index contributed by atoms with van der Waals surface area (Å²) in [6.45, 7) is 5.24. The average Bonchev–Trinajstić information content (AvgIpc) is 2.18. The van der Waals surface area contributed by atoms with Gasteiger partial charge in [-0.3, -0.25) is 0 Å². The molecular formula is C14H20FN. The second kappa shape index (κ2) is 4.17. The van der Waals surface area contributed by atoms with E-state index in [0.29, 0.717) is 17.9 Å². The van der Waals surface area contributed by atoms with Gasteiger partial charge in [0.15, 0.2) is 0 Å². The largest absolute Gasteiger partial charge is 0.330 e. The van der Waals surface area contributed by atoms with E-state index in [0.717, 1.165) is 19.3 Å². The maximum Gasteiger partial charge on any atom is 0.123 e. The van der Waals surface area contributed by atoms with Gasteiger partial charge in [-0.15, -0.1) is 0 Å². The Hall–Kier alpha value is -0.890. The highest BCUT2D eigenvalue weighted by molar-refractivity contribution is 5.34. The van der Waals surface area contributed by atoms with E-state index in [-0.39, 0.29) is 5.82 Å². The van der Waals surface area contributed by atoms with E-state index in [1.807, 2.05) is 6.07 Å². The molecule has 88 valence electrons. The molecule has 0 spiro atoms. The molecular weight excluding hydrogens is 201 g/mol. The summed E-state index contributed by atoms with van der Waals surface area (Å²) in [5.74, 6) is 0.305. The van der Waals surface area contributed by atoms with Crippen LogP contribution in [0.15, 0.2) is 18.2 Å². The van der Waals surface area contributed by atoms with Crippen LogP contribution in [0.3, 0.4) is 0 Å². The van der Waals surface area contributed by atoms with Crippen LogP contribution in [0.2, 0.25) is 0 Å². The van der Waals surface area contributed by atoms with E-state index in [1.54, 1.807) is 12.1 Å². The molecule has 0 fully saturated rings. The number of halogens is 1. The minimum Gasteiger partial charge on any atom is -0.330 e. The molecule has 2 rings (SSSR count). The highest BCUT2D eigenvalue weighted by Gasteiger charge is 2.31. The van der Waals surface area contributed by atoms with Crippen LogP contribution in [0, 0.1) is 11.2 Å². The summed E-state index contributed by atoms with van der Waals surface area (Å²) < 4.78 is 13.3. The summed E-state index contributed by atoms with van der Waals surface area (Å²) in [7, 11) is 0. The van der Waals surface area contributed by atoms with Crippen molar-refractivity contribution in [2.45, 2.75) is 39.0 Å². The first-order valence-corrected chi connectivity index (χ1v) is 6.00. The predicted octanol–water partition coefficient (Wildman–Crippen LogP) is 3.23. The Morgan fingerprint density at radius 2 is 2.19 bits per heavy atom. The molecule has 1 aliphatic carbocycles. The van der Waals surface area contributed by atoms with Gasteiger partial charge in [0, 0.05) is 0 Å². The van der Waals surface area contributed by atoms with Crippen LogP contribution in [0.5, 0.6) is 0 Å². The molecule has 0 aromatic heterocycles. The number of hydrogen-bond acceptors (Lipinski definition) is 1. The lowest BCUT2D eigenvalue weighted by Gasteiger charge is -2.37. The Kier molecular flexibility index (Phi) is 3.02. The van der Waals surface area contributed by atoms with Gasteiger partial charge in [-0.1, -0.05) is 19.9 Å². The summed E-state index contributed by atoms with van der Waals surface area (Å²) in [6.07, 6.45) is 3.12. The summed E-state index contributed by atoms with van der Waals surface area (Å²) >= 11 is 0. The van der Waals surface area contributed by atoms with E-state index in [1.165, 1.54) is 11.1 Å². The zero-order valence-electron chi connectivity index (χ0n) is 10.1. The van der Waals surface area contributed by atoms with Crippen molar-refractivity contribution in [3.63, 3.8) is 0 Å². The lowest BCUT2D eigenvalue weighted by Crippen LogP contribution is -2.27. The van der Waals surface area contributed by atoms with Gasteiger partial charge >= 0.3 is 0 Å². The molecule has 1 nitrogen and oxygen atoms in total. The Morgan fingerprint density at radius 3 is 2.88 bits per heavy atom. The van der Waals surface area contributed by atoms with Gasteiger partial charge in [0.25, 0.3) is 0 Å². The van der Waals surface area contributed by atoms with Crippen LogP contribution in [-0.4, -0.2) is 6.54 Å². The fourth-order valence-electron chi connectivity index (χ4n) is 2.93. The third kappa shape index (κ3) is 2.27. The standard InChI is InChI=1S/C14H20FN/c1-14(2)8-10-3-4-12(15)7-13(10)11(9-14)5-6-16/h3-4,7,11H,5-6,8-9,16H2,1-2H3. The molecule has 1 aliphatic rings. The first-order chi connectivity index (χ1) is 7.52. The molecule has 1 aromatic carbocycles. The fourth-order valence-corrected chi connectivity index (χ4v) is 2.93. The summed E-state index contributed by atoms with van der Waals surface area (Å²) in [6, 6.07) is 5.21. The molecule has 0 heterocycles. The molecule has 1 atom stereocenters. The average molecular weight is 221 g/mol. The first-order valence-electron chi connectivity index (χ1n) is 6.00. The minimum absolute atomic E-state index is 0.125. The molecule has 0 bridgehead atoms. The lowest BCUT2D eigenvalue weighted by atomic mass is 9.68. The van der Waals surface area contributed by atoms with Crippen LogP contribution < -0.4 is 5.73 Å². The van der Waals surface area contributed by atoms with Gasteiger partial charge < -0.3 is 5.73 Å². The maximum absolute atomic E-state index is 13.3. The van der Waals surface area contributed by atoms with Crippen molar-refractivity contribution in [3.8, 4) is 0 Å². The van der Waals surface area contributed by atoms with Crippen LogP contribution >= 0.6 is 0 Å². The number of benzene rings is 1. The van der Waals surface area contributed by atoms with Gasteiger partial charge in [-0.25, -0.2) is 4.39 Å². The number of rotatable bonds is 2. The number of fused-ring (bicyclic) bond motifs is 1. The second-order valence-electron chi connectivity index (χ2n) is 5.66. The molecule has 0 saturated carbocycles. The van der Waals surface area contributed by atoms with Crippen molar-refractivity contribution in [3.05, 3.63) is 35.1 Å². The van der Waals surface area contributed by atoms with Gasteiger partial charge in [0.05, 0.1) is 0 Å². The van der Waals surface area contributed by atoms with Crippen LogP contribution in [0.4, 0.5) is 4.39 Å². The van der Waals surface area contributed by atoms with Crippen molar-refractivity contribution in [2.75, 3.05) is 6.54 Å². The monoisotopic (exact) mass is 221 g/mol. The molecule has 2 heteroatoms. The topological polar surface area (TPSA) is 26.0 Å². The van der Waals surface area contributed by atoms with Crippen molar-refractivity contribution in [1.29, 1.82) is 0 Å². The van der Waals surface area contributed by atoms with E-state index in [4.69, 9.17) is 5.73 Å². The van der Waals surface area contributed by atoms with Crippen molar-refractivity contribution >= 4 is 0 Å². The smallest absolute Gasteiger partial charge is 0.123 e. The molecule has 1 aromatic rings. The molecule has 0 saturated heterocycles. The van der Waals surface area contributed by atoms with Crippen LogP contribution in [0.25, 0.3) is 0 Å². The molecule has 16 heavy (non-hydrogen) atoms. The van der Waals surface area contributed by atoms with Crippen molar-refractivity contribution < 1.29 is 4.39 Å². The zero-order valence-corrected chi connectivity index (χ0v) is 10.1. The Labute approximate surface area is 96.9 Å². The summed E-state index contributed by atoms with van der Waals surface area (Å²) in [5, 5.41) is 0. The zero-order chi connectivity index (χ0) is 11.8. The Balaban J connectivity index is 2.39. The fraction of sp³-hybridized carbons (Fsp3) is 0.571. The molecule has 0 radical (unpaired) electrons. The van der Waals surface area contributed by atoms with E-state index < -0.39 is 0 Å². The van der Waals surface area contributed by atoms with Gasteiger partial charge in [0.1, 0.15) is 5.82 Å². The van der Waals surface area contributed by atoms with Crippen molar-refractivity contribution in [1.82, 2.24) is 0 Å². The third-order valence-corrected chi connectivity index (χ3v) is 3.53. The third-order valence-electron chi connectivity index (χ3n) is 3.53. The maximum atomic E-state index is 13.3. The second-order valence-corrected chi connectivity index (χ2v) is 5.66. The molecule has 0 aliphatic heterocycles. The first kappa shape index (κ1) is 11.6. The van der Waals surface area contributed by atoms with E-state index in [2.05, 4.69) is 13.8 Å². The SMILES string of the molecule is CC1(C)Cc2ccc(F)cc2C(CCN)C1. The minimum atomic E-state index is -0.125. The van der Waals surface area contributed by atoms with Crippen molar-refractivity contribution in [2.24, 2.45) is 11.1 Å². The van der Waals surface area contributed by atoms with Crippen LogP contribution in [0.1, 0.15) is 43.7 Å². The van der Waals surface area contributed by atoms with E-state index >= 15 is 0 Å². The molecule has 0 amide bonds. The summed E-state index contributed by atoms with van der Waals surface area (Å²) in [4.78, 5) is 0. The summed E-state index contributed by atoms with van der Waals surface area (Å²) in [5.41, 5.74) is 8.45. The van der Waals surface area contributed by atoms with E-state index in [9.17, 15) is 4.39 Å². The molecule has 2 N–H and O–H groups in total. The number of nitrogens with two attached hydrogens (primary N) is 1. The van der Waals surface area contributed by atoms with Gasteiger partial charge in [-0.05, 0) is 60.4 Å². The van der Waals surface area contributed by atoms with Gasteiger partial charge in [-0.2, -0.15) is 0 Å². The quantitative estimate of drug-likeness (QED) is 0.815. The highest BCUT2D eigenvalue weighted by Crippen LogP contribution is 2.43. The molecule has 1 unspecified atom stereocenters. The highest BCUT2D eigenvalue weighted by atomic mass is 19.1. The Bertz CT molecular complexity index is 384. The van der Waals surface area contributed by atoms with Crippen LogP contribution in [-0.2, 0) is 6.42 Å². The lowest BCUT2D eigenvalue weighted by molar-refractivity contribution is 0.274. The normalized spacial score (nSPS) is 22.9.